The van der Waals surface area contributed by atoms with E-state index in [-0.39, 0.29) is 17.9 Å². The fourth-order valence-electron chi connectivity index (χ4n) is 3.85. The maximum Gasteiger partial charge on any atom is 0.228 e. The number of benzene rings is 1. The average Bonchev–Trinajstić information content (AvgIpc) is 3.32. The second-order valence-electron chi connectivity index (χ2n) is 7.64. The monoisotopic (exact) mass is 384 g/mol. The summed E-state index contributed by atoms with van der Waals surface area (Å²) < 4.78 is 0. The maximum atomic E-state index is 13.2. The summed E-state index contributed by atoms with van der Waals surface area (Å²) in [6, 6.07) is 12.6. The summed E-state index contributed by atoms with van der Waals surface area (Å²) in [6.45, 7) is 6.99. The van der Waals surface area contributed by atoms with Gasteiger partial charge in [-0.15, -0.1) is 11.3 Å². The molecule has 144 valence electrons. The van der Waals surface area contributed by atoms with Gasteiger partial charge in [-0.1, -0.05) is 37.3 Å². The van der Waals surface area contributed by atoms with Crippen molar-refractivity contribution in [2.45, 2.75) is 46.1 Å². The Morgan fingerprint density at radius 1 is 1.22 bits per heavy atom. The van der Waals surface area contributed by atoms with Crippen LogP contribution in [0.3, 0.4) is 0 Å². The zero-order valence-electron chi connectivity index (χ0n) is 16.3. The molecule has 5 heteroatoms. The second-order valence-corrected chi connectivity index (χ2v) is 8.59. The fourth-order valence-corrected chi connectivity index (χ4v) is 4.63. The molecule has 1 aliphatic rings. The summed E-state index contributed by atoms with van der Waals surface area (Å²) in [4.78, 5) is 28.5. The molecule has 1 saturated heterocycles. The summed E-state index contributed by atoms with van der Waals surface area (Å²) in [7, 11) is 0. The van der Waals surface area contributed by atoms with Gasteiger partial charge in [0, 0.05) is 30.4 Å². The zero-order valence-corrected chi connectivity index (χ0v) is 17.1. The van der Waals surface area contributed by atoms with Crippen molar-refractivity contribution in [3.8, 4) is 10.4 Å². The summed E-state index contributed by atoms with van der Waals surface area (Å²) >= 11 is 1.71. The van der Waals surface area contributed by atoms with Crippen molar-refractivity contribution in [2.75, 3.05) is 13.1 Å². The van der Waals surface area contributed by atoms with Crippen LogP contribution >= 0.6 is 11.3 Å². The molecule has 0 bridgehead atoms. The summed E-state index contributed by atoms with van der Waals surface area (Å²) in [5, 5.41) is 5.18. The van der Waals surface area contributed by atoms with E-state index in [0.29, 0.717) is 32.4 Å². The van der Waals surface area contributed by atoms with Crippen LogP contribution in [0.25, 0.3) is 10.4 Å². The summed E-state index contributed by atoms with van der Waals surface area (Å²) in [5.41, 5.74) is 1.79. The topological polar surface area (TPSA) is 49.4 Å². The lowest BCUT2D eigenvalue weighted by Crippen LogP contribution is -2.47. The van der Waals surface area contributed by atoms with Gasteiger partial charge in [0.05, 0.1) is 5.41 Å². The third-order valence-corrected chi connectivity index (χ3v) is 6.15. The van der Waals surface area contributed by atoms with Gasteiger partial charge in [-0.05, 0) is 49.3 Å². The Morgan fingerprint density at radius 2 is 2.00 bits per heavy atom. The number of hydrogen-bond acceptors (Lipinski definition) is 3. The van der Waals surface area contributed by atoms with Crippen LogP contribution < -0.4 is 5.32 Å². The number of nitrogens with zero attached hydrogens (tertiary/aromatic N) is 1. The minimum atomic E-state index is -0.567. The number of rotatable bonds is 6. The quantitative estimate of drug-likeness (QED) is 0.815. The van der Waals surface area contributed by atoms with E-state index < -0.39 is 5.41 Å². The molecule has 1 N–H and O–H groups in total. The third-order valence-electron chi connectivity index (χ3n) is 5.24. The molecular formula is C22H28N2O2S. The van der Waals surface area contributed by atoms with Gasteiger partial charge in [-0.3, -0.25) is 9.59 Å². The summed E-state index contributed by atoms with van der Waals surface area (Å²) in [5.74, 6) is 0.186. The van der Waals surface area contributed by atoms with Gasteiger partial charge in [0.25, 0.3) is 0 Å². The highest BCUT2D eigenvalue weighted by atomic mass is 32.1. The SMILES string of the molecule is CCC(=O)N1CC[C@](Cc2ccccc2-c2cccs2)(C(=O)NC(C)C)C1. The second kappa shape index (κ2) is 8.26. The first kappa shape index (κ1) is 19.6. The molecule has 1 aromatic heterocycles. The van der Waals surface area contributed by atoms with Crippen molar-refractivity contribution in [1.29, 1.82) is 0 Å². The molecule has 3 rings (SSSR count). The average molecular weight is 385 g/mol. The number of thiophene rings is 1. The van der Waals surface area contributed by atoms with Crippen molar-refractivity contribution in [2.24, 2.45) is 5.41 Å². The van der Waals surface area contributed by atoms with Gasteiger partial charge in [-0.2, -0.15) is 0 Å². The van der Waals surface area contributed by atoms with Gasteiger partial charge in [-0.25, -0.2) is 0 Å². The predicted molar refractivity (Wildman–Crippen MR) is 111 cm³/mol. The number of carbonyl (C=O) groups excluding carboxylic acids is 2. The highest BCUT2D eigenvalue weighted by Crippen LogP contribution is 2.38. The van der Waals surface area contributed by atoms with E-state index >= 15 is 0 Å². The first-order valence-electron chi connectivity index (χ1n) is 9.66. The Labute approximate surface area is 165 Å². The van der Waals surface area contributed by atoms with Crippen LogP contribution in [0, 0.1) is 5.41 Å². The normalized spacial score (nSPS) is 19.5. The molecule has 1 aromatic carbocycles. The Balaban J connectivity index is 1.94. The van der Waals surface area contributed by atoms with Gasteiger partial charge >= 0.3 is 0 Å². The smallest absolute Gasteiger partial charge is 0.228 e. The van der Waals surface area contributed by atoms with Crippen LogP contribution in [0.1, 0.15) is 39.2 Å². The summed E-state index contributed by atoms with van der Waals surface area (Å²) in [6.07, 6.45) is 1.83. The molecule has 2 amide bonds. The number of likely N-dealkylation sites (tertiary alicyclic amines) is 1. The molecule has 1 aliphatic heterocycles. The Kier molecular flexibility index (Phi) is 6.00. The molecule has 0 aliphatic carbocycles. The first-order chi connectivity index (χ1) is 12.9. The predicted octanol–water partition coefficient (Wildman–Crippen LogP) is 4.11. The van der Waals surface area contributed by atoms with E-state index in [1.54, 1.807) is 11.3 Å². The molecule has 0 unspecified atom stereocenters. The minimum absolute atomic E-state index is 0.0601. The van der Waals surface area contributed by atoms with Crippen LogP contribution in [0.5, 0.6) is 0 Å². The fraction of sp³-hybridized carbons (Fsp3) is 0.455. The Hall–Kier alpha value is -2.14. The van der Waals surface area contributed by atoms with Crippen LogP contribution in [0.15, 0.2) is 41.8 Å². The number of hydrogen-bond donors (Lipinski definition) is 1. The van der Waals surface area contributed by atoms with Crippen LogP contribution in [0.4, 0.5) is 0 Å². The highest BCUT2D eigenvalue weighted by Gasteiger charge is 2.46. The van der Waals surface area contributed by atoms with Gasteiger partial charge in [0.15, 0.2) is 0 Å². The molecule has 2 aromatic rings. The van der Waals surface area contributed by atoms with Crippen molar-refractivity contribution < 1.29 is 9.59 Å². The lowest BCUT2D eigenvalue weighted by Gasteiger charge is -2.30. The number of carbonyl (C=O) groups is 2. The van der Waals surface area contributed by atoms with E-state index in [1.807, 2.05) is 37.8 Å². The van der Waals surface area contributed by atoms with Crippen LogP contribution in [0.2, 0.25) is 0 Å². The Morgan fingerprint density at radius 3 is 2.67 bits per heavy atom. The van der Waals surface area contributed by atoms with Crippen molar-refractivity contribution in [1.82, 2.24) is 10.2 Å². The molecule has 2 heterocycles. The molecule has 1 atom stereocenters. The van der Waals surface area contributed by atoms with E-state index in [0.717, 1.165) is 0 Å². The van der Waals surface area contributed by atoms with Gasteiger partial charge < -0.3 is 10.2 Å². The van der Waals surface area contributed by atoms with Gasteiger partial charge in [0.1, 0.15) is 0 Å². The van der Waals surface area contributed by atoms with Crippen LogP contribution in [-0.2, 0) is 16.0 Å². The van der Waals surface area contributed by atoms with Gasteiger partial charge in [0.2, 0.25) is 11.8 Å². The van der Waals surface area contributed by atoms with Crippen molar-refractivity contribution in [3.63, 3.8) is 0 Å². The zero-order chi connectivity index (χ0) is 19.4. The molecule has 0 saturated carbocycles. The van der Waals surface area contributed by atoms with Crippen molar-refractivity contribution >= 4 is 23.2 Å². The minimum Gasteiger partial charge on any atom is -0.353 e. The highest BCUT2D eigenvalue weighted by molar-refractivity contribution is 7.13. The lowest BCUT2D eigenvalue weighted by molar-refractivity contribution is -0.133. The maximum absolute atomic E-state index is 13.2. The lowest BCUT2D eigenvalue weighted by atomic mass is 9.78. The van der Waals surface area contributed by atoms with Crippen LogP contribution in [-0.4, -0.2) is 35.8 Å². The molecule has 27 heavy (non-hydrogen) atoms. The van der Waals surface area contributed by atoms with E-state index in [1.165, 1.54) is 16.0 Å². The number of amides is 2. The molecule has 4 nitrogen and oxygen atoms in total. The number of nitrogens with one attached hydrogen (secondary N) is 1. The Bertz CT molecular complexity index is 800. The molecule has 1 fully saturated rings. The van der Waals surface area contributed by atoms with Crippen molar-refractivity contribution in [3.05, 3.63) is 47.3 Å². The van der Waals surface area contributed by atoms with E-state index in [9.17, 15) is 9.59 Å². The third kappa shape index (κ3) is 4.24. The van der Waals surface area contributed by atoms with E-state index in [2.05, 4.69) is 35.0 Å². The standard InChI is InChI=1S/C22H28N2O2S/c1-4-20(25)24-12-11-22(15-24,21(26)23-16(2)3)14-17-8-5-6-9-18(17)19-10-7-13-27-19/h5-10,13,16H,4,11-12,14-15H2,1-3H3,(H,23,26)/t22-/m1/s1. The molecule has 0 radical (unpaired) electrons. The molecular weight excluding hydrogens is 356 g/mol. The largest absolute Gasteiger partial charge is 0.353 e. The van der Waals surface area contributed by atoms with E-state index in [4.69, 9.17) is 0 Å². The first-order valence-corrected chi connectivity index (χ1v) is 10.5. The molecule has 0 spiro atoms.